The van der Waals surface area contributed by atoms with Crippen molar-refractivity contribution < 1.29 is 14.4 Å². The number of aliphatic hydroxyl groups is 1. The van der Waals surface area contributed by atoms with Gasteiger partial charge in [0.05, 0.1) is 12.6 Å². The number of rotatable bonds is 9. The van der Waals surface area contributed by atoms with Gasteiger partial charge in [0, 0.05) is 30.8 Å². The predicted molar refractivity (Wildman–Crippen MR) is 88.9 cm³/mol. The molecule has 24 heavy (non-hydrogen) atoms. The van der Waals surface area contributed by atoms with Gasteiger partial charge in [0.25, 0.3) is 0 Å². The van der Waals surface area contributed by atoms with E-state index in [0.717, 1.165) is 12.0 Å². The number of carbonyl (C=O) groups is 1. The Hall–Kier alpha value is -2.28. The van der Waals surface area contributed by atoms with E-state index in [0.29, 0.717) is 31.0 Å². The van der Waals surface area contributed by atoms with Crippen LogP contribution in [0.3, 0.4) is 0 Å². The van der Waals surface area contributed by atoms with Crippen molar-refractivity contribution in [1.29, 1.82) is 0 Å². The summed E-state index contributed by atoms with van der Waals surface area (Å²) in [5.74, 6) is 1.18. The molecule has 0 aliphatic heterocycles. The minimum absolute atomic E-state index is 0.0428. The summed E-state index contributed by atoms with van der Waals surface area (Å²) in [6.45, 7) is 4.01. The number of aromatic nitrogens is 3. The molecule has 0 aliphatic rings. The number of hydrogen-bond donors (Lipinski definition) is 2. The molecular formula is C17H24N4O3. The summed E-state index contributed by atoms with van der Waals surface area (Å²) in [4.78, 5) is 20.3. The molecule has 0 unspecified atom stereocenters. The molecule has 2 aromatic heterocycles. The number of aliphatic hydroxyl groups excluding tert-OH is 1. The molecule has 0 saturated carbocycles. The molecule has 7 heteroatoms. The van der Waals surface area contributed by atoms with Crippen LogP contribution in [0.1, 0.15) is 39.0 Å². The van der Waals surface area contributed by atoms with E-state index in [1.807, 2.05) is 26.0 Å². The number of amides is 1. The Morgan fingerprint density at radius 3 is 2.96 bits per heavy atom. The lowest BCUT2D eigenvalue weighted by Crippen LogP contribution is -2.41. The van der Waals surface area contributed by atoms with Crippen LogP contribution in [0.25, 0.3) is 11.4 Å². The molecule has 0 fully saturated rings. The SMILES string of the molecule is CC[C@@H](C)[C@@H](CO)NC(=O)CCCc1nc(-c2cccnc2)no1. The zero-order valence-electron chi connectivity index (χ0n) is 14.1. The second kappa shape index (κ2) is 9.12. The number of pyridine rings is 1. The van der Waals surface area contributed by atoms with Crippen LogP contribution in [0.5, 0.6) is 0 Å². The first-order chi connectivity index (χ1) is 11.6. The Kier molecular flexibility index (Phi) is 6.87. The average molecular weight is 332 g/mol. The first-order valence-electron chi connectivity index (χ1n) is 8.27. The van der Waals surface area contributed by atoms with E-state index in [4.69, 9.17) is 4.52 Å². The summed E-state index contributed by atoms with van der Waals surface area (Å²) in [6, 6.07) is 3.48. The minimum atomic E-state index is -0.192. The molecule has 2 atom stereocenters. The van der Waals surface area contributed by atoms with Gasteiger partial charge >= 0.3 is 0 Å². The van der Waals surface area contributed by atoms with E-state index in [1.165, 1.54) is 0 Å². The maximum absolute atomic E-state index is 12.0. The van der Waals surface area contributed by atoms with Gasteiger partial charge in [-0.2, -0.15) is 4.98 Å². The Morgan fingerprint density at radius 2 is 2.29 bits per heavy atom. The van der Waals surface area contributed by atoms with Gasteiger partial charge in [-0.05, 0) is 24.5 Å². The molecule has 2 heterocycles. The number of aryl methyl sites for hydroxylation is 1. The average Bonchev–Trinajstić information content (AvgIpc) is 3.08. The van der Waals surface area contributed by atoms with Gasteiger partial charge in [0.15, 0.2) is 0 Å². The largest absolute Gasteiger partial charge is 0.394 e. The third-order valence-electron chi connectivity index (χ3n) is 4.06. The number of carbonyl (C=O) groups excluding carboxylic acids is 1. The van der Waals surface area contributed by atoms with Crippen molar-refractivity contribution in [3.63, 3.8) is 0 Å². The summed E-state index contributed by atoms with van der Waals surface area (Å²) < 4.78 is 5.20. The lowest BCUT2D eigenvalue weighted by molar-refractivity contribution is -0.122. The number of nitrogens with one attached hydrogen (secondary N) is 1. The lowest BCUT2D eigenvalue weighted by atomic mass is 10.00. The van der Waals surface area contributed by atoms with E-state index in [-0.39, 0.29) is 24.5 Å². The topological polar surface area (TPSA) is 101 Å². The molecule has 0 aliphatic carbocycles. The standard InChI is InChI=1S/C17H24N4O3/c1-3-12(2)14(11-22)19-15(23)7-4-8-16-20-17(21-24-16)13-6-5-9-18-10-13/h5-6,9-10,12,14,22H,3-4,7-8,11H2,1-2H3,(H,19,23)/t12-,14-/m1/s1. The summed E-state index contributed by atoms with van der Waals surface area (Å²) in [6.07, 6.45) is 5.77. The Morgan fingerprint density at radius 1 is 1.46 bits per heavy atom. The van der Waals surface area contributed by atoms with Crippen molar-refractivity contribution in [2.75, 3.05) is 6.61 Å². The molecule has 2 aromatic rings. The molecule has 0 radical (unpaired) electrons. The molecular weight excluding hydrogens is 308 g/mol. The zero-order chi connectivity index (χ0) is 17.4. The number of hydrogen-bond acceptors (Lipinski definition) is 6. The first kappa shape index (κ1) is 18.1. The van der Waals surface area contributed by atoms with Crippen LogP contribution in [0, 0.1) is 5.92 Å². The van der Waals surface area contributed by atoms with Gasteiger partial charge in [0.2, 0.25) is 17.6 Å². The van der Waals surface area contributed by atoms with E-state index in [1.54, 1.807) is 12.4 Å². The van der Waals surface area contributed by atoms with Crippen LogP contribution in [0.15, 0.2) is 29.0 Å². The Labute approximate surface area is 141 Å². The van der Waals surface area contributed by atoms with Crippen LogP contribution in [-0.4, -0.2) is 38.8 Å². The lowest BCUT2D eigenvalue weighted by Gasteiger charge is -2.22. The first-order valence-corrected chi connectivity index (χ1v) is 8.27. The maximum Gasteiger partial charge on any atom is 0.226 e. The second-order valence-corrected chi connectivity index (χ2v) is 5.85. The molecule has 1 amide bonds. The highest BCUT2D eigenvalue weighted by atomic mass is 16.5. The van der Waals surface area contributed by atoms with Gasteiger partial charge in [-0.3, -0.25) is 9.78 Å². The molecule has 0 bridgehead atoms. The van der Waals surface area contributed by atoms with Crippen LogP contribution in [-0.2, 0) is 11.2 Å². The summed E-state index contributed by atoms with van der Waals surface area (Å²) >= 11 is 0. The normalized spacial score (nSPS) is 13.5. The third-order valence-corrected chi connectivity index (χ3v) is 4.06. The van der Waals surface area contributed by atoms with Gasteiger partial charge in [-0.1, -0.05) is 25.4 Å². The van der Waals surface area contributed by atoms with Gasteiger partial charge in [0.1, 0.15) is 0 Å². The fourth-order valence-corrected chi connectivity index (χ4v) is 2.30. The van der Waals surface area contributed by atoms with Crippen molar-refractivity contribution in [3.8, 4) is 11.4 Å². The summed E-state index contributed by atoms with van der Waals surface area (Å²) in [7, 11) is 0. The quantitative estimate of drug-likeness (QED) is 0.728. The van der Waals surface area contributed by atoms with Crippen LogP contribution in [0.2, 0.25) is 0 Å². The summed E-state index contributed by atoms with van der Waals surface area (Å²) in [5.41, 5.74) is 0.796. The van der Waals surface area contributed by atoms with Gasteiger partial charge in [-0.25, -0.2) is 0 Å². The Balaban J connectivity index is 1.78. The molecule has 2 rings (SSSR count). The molecule has 0 spiro atoms. The molecule has 0 aromatic carbocycles. The highest BCUT2D eigenvalue weighted by molar-refractivity contribution is 5.76. The molecule has 2 N–H and O–H groups in total. The van der Waals surface area contributed by atoms with Crippen molar-refractivity contribution in [3.05, 3.63) is 30.4 Å². The smallest absolute Gasteiger partial charge is 0.226 e. The van der Waals surface area contributed by atoms with Gasteiger partial charge < -0.3 is 14.9 Å². The highest BCUT2D eigenvalue weighted by Crippen LogP contribution is 2.14. The molecule has 0 saturated heterocycles. The maximum atomic E-state index is 12.0. The molecule has 7 nitrogen and oxygen atoms in total. The van der Waals surface area contributed by atoms with Crippen molar-refractivity contribution in [2.45, 2.75) is 45.6 Å². The van der Waals surface area contributed by atoms with E-state index < -0.39 is 0 Å². The van der Waals surface area contributed by atoms with Crippen molar-refractivity contribution in [2.24, 2.45) is 5.92 Å². The fraction of sp³-hybridized carbons (Fsp3) is 0.529. The van der Waals surface area contributed by atoms with E-state index in [9.17, 15) is 9.90 Å². The van der Waals surface area contributed by atoms with E-state index >= 15 is 0 Å². The fourth-order valence-electron chi connectivity index (χ4n) is 2.30. The third kappa shape index (κ3) is 5.13. The van der Waals surface area contributed by atoms with Crippen molar-refractivity contribution in [1.82, 2.24) is 20.4 Å². The zero-order valence-corrected chi connectivity index (χ0v) is 14.1. The van der Waals surface area contributed by atoms with Crippen LogP contribution < -0.4 is 5.32 Å². The minimum Gasteiger partial charge on any atom is -0.394 e. The van der Waals surface area contributed by atoms with Crippen LogP contribution >= 0.6 is 0 Å². The highest BCUT2D eigenvalue weighted by Gasteiger charge is 2.17. The predicted octanol–water partition coefficient (Wildman–Crippen LogP) is 1.98. The van der Waals surface area contributed by atoms with Crippen molar-refractivity contribution >= 4 is 5.91 Å². The summed E-state index contributed by atoms with van der Waals surface area (Å²) in [5, 5.41) is 16.1. The molecule has 130 valence electrons. The van der Waals surface area contributed by atoms with Gasteiger partial charge in [-0.15, -0.1) is 0 Å². The monoisotopic (exact) mass is 332 g/mol. The number of nitrogens with zero attached hydrogens (tertiary/aromatic N) is 3. The van der Waals surface area contributed by atoms with Crippen LogP contribution in [0.4, 0.5) is 0 Å². The Bertz CT molecular complexity index is 630. The van der Waals surface area contributed by atoms with E-state index in [2.05, 4.69) is 20.4 Å². The second-order valence-electron chi connectivity index (χ2n) is 5.85.